The van der Waals surface area contributed by atoms with E-state index in [1.54, 1.807) is 0 Å². The van der Waals surface area contributed by atoms with E-state index in [4.69, 9.17) is 11.5 Å². The van der Waals surface area contributed by atoms with Crippen LogP contribution in [0.1, 0.15) is 13.8 Å². The van der Waals surface area contributed by atoms with Gasteiger partial charge in [-0.05, 0) is 13.8 Å². The Morgan fingerprint density at radius 2 is 2.11 bits per heavy atom. The van der Waals surface area contributed by atoms with Gasteiger partial charge in [-0.3, -0.25) is 0 Å². The van der Waals surface area contributed by atoms with Crippen LogP contribution >= 0.6 is 0 Å². The Morgan fingerprint density at radius 1 is 1.32 bits per heavy atom. The van der Waals surface area contributed by atoms with E-state index >= 15 is 0 Å². The van der Waals surface area contributed by atoms with Crippen LogP contribution in [-0.4, -0.2) is 31.1 Å². The lowest BCUT2D eigenvalue weighted by Gasteiger charge is -2.00. The molecule has 100 valence electrons. The number of anilines is 3. The Balaban J connectivity index is 2.16. The van der Waals surface area contributed by atoms with E-state index in [1.807, 2.05) is 32.1 Å². The summed E-state index contributed by atoms with van der Waals surface area (Å²) in [6.45, 7) is 4.60. The summed E-state index contributed by atoms with van der Waals surface area (Å²) >= 11 is 0. The van der Waals surface area contributed by atoms with Crippen LogP contribution in [0.5, 0.6) is 0 Å². The molecule has 2 aromatic rings. The molecule has 2 aromatic heterocycles. The average molecular weight is 260 g/mol. The van der Waals surface area contributed by atoms with Gasteiger partial charge < -0.3 is 16.8 Å². The zero-order chi connectivity index (χ0) is 13.8. The first kappa shape index (κ1) is 12.8. The molecule has 19 heavy (non-hydrogen) atoms. The van der Waals surface area contributed by atoms with Crippen LogP contribution in [0.2, 0.25) is 0 Å². The van der Waals surface area contributed by atoms with Gasteiger partial charge in [-0.25, -0.2) is 0 Å². The minimum absolute atomic E-state index is 0.0770. The Hall–Kier alpha value is -2.64. The zero-order valence-electron chi connectivity index (χ0n) is 10.8. The standard InChI is InChI=1S/C11H16N8/c1-3-4-5-7(2)6-14-10-17-11-16-8(12)15-9(13)19(11)18-10/h3-5H,6H2,1-2H3,(H5,12,13,14,15,16,17,18)/b4-3-,7-5+. The van der Waals surface area contributed by atoms with Crippen LogP contribution in [0, 0.1) is 0 Å². The van der Waals surface area contributed by atoms with Crippen molar-refractivity contribution < 1.29 is 0 Å². The molecular formula is C11H16N8. The normalized spacial score (nSPS) is 12.4. The highest BCUT2D eigenvalue weighted by Gasteiger charge is 2.08. The molecular weight excluding hydrogens is 244 g/mol. The quantitative estimate of drug-likeness (QED) is 0.689. The van der Waals surface area contributed by atoms with E-state index in [0.717, 1.165) is 5.57 Å². The van der Waals surface area contributed by atoms with Crippen molar-refractivity contribution in [1.29, 1.82) is 0 Å². The van der Waals surface area contributed by atoms with Crippen LogP contribution < -0.4 is 16.8 Å². The predicted molar refractivity (Wildman–Crippen MR) is 74.5 cm³/mol. The van der Waals surface area contributed by atoms with Crippen molar-refractivity contribution in [3.8, 4) is 0 Å². The monoisotopic (exact) mass is 260 g/mol. The minimum Gasteiger partial charge on any atom is -0.368 e. The van der Waals surface area contributed by atoms with Gasteiger partial charge in [-0.15, -0.1) is 5.10 Å². The summed E-state index contributed by atoms with van der Waals surface area (Å²) in [5.74, 6) is 0.986. The van der Waals surface area contributed by atoms with Gasteiger partial charge in [0.15, 0.2) is 0 Å². The molecule has 0 aliphatic heterocycles. The van der Waals surface area contributed by atoms with Crippen LogP contribution in [0.4, 0.5) is 17.8 Å². The molecule has 0 bridgehead atoms. The molecule has 2 heterocycles. The zero-order valence-corrected chi connectivity index (χ0v) is 10.8. The van der Waals surface area contributed by atoms with E-state index in [9.17, 15) is 0 Å². The van der Waals surface area contributed by atoms with Crippen LogP contribution in [-0.2, 0) is 0 Å². The molecule has 5 N–H and O–H groups in total. The van der Waals surface area contributed by atoms with E-state index in [2.05, 4.69) is 25.4 Å². The second-order valence-corrected chi connectivity index (χ2v) is 3.98. The molecule has 2 rings (SSSR count). The van der Waals surface area contributed by atoms with Gasteiger partial charge in [-0.1, -0.05) is 23.8 Å². The molecule has 0 atom stereocenters. The SMILES string of the molecule is C/C=C\C=C(/C)CNc1nc2nc(N)nc(N)n2n1. The third-order valence-corrected chi connectivity index (χ3v) is 2.35. The highest BCUT2D eigenvalue weighted by atomic mass is 15.4. The number of nitrogens with two attached hydrogens (primary N) is 2. The van der Waals surface area contributed by atoms with Crippen molar-refractivity contribution in [2.45, 2.75) is 13.8 Å². The molecule has 0 saturated carbocycles. The third kappa shape index (κ3) is 2.97. The molecule has 0 spiro atoms. The third-order valence-electron chi connectivity index (χ3n) is 2.35. The number of nitrogens with one attached hydrogen (secondary N) is 1. The van der Waals surface area contributed by atoms with Crippen LogP contribution in [0.15, 0.2) is 23.8 Å². The maximum absolute atomic E-state index is 5.67. The summed E-state index contributed by atoms with van der Waals surface area (Å²) in [5, 5.41) is 7.23. The first-order chi connectivity index (χ1) is 9.10. The van der Waals surface area contributed by atoms with Crippen molar-refractivity contribution in [3.05, 3.63) is 23.8 Å². The van der Waals surface area contributed by atoms with Gasteiger partial charge in [0.05, 0.1) is 0 Å². The lowest BCUT2D eigenvalue weighted by atomic mass is 10.3. The number of nitrogen functional groups attached to an aromatic ring is 2. The first-order valence-electron chi connectivity index (χ1n) is 5.78. The summed E-state index contributed by atoms with van der Waals surface area (Å²) in [5.41, 5.74) is 12.3. The van der Waals surface area contributed by atoms with Crippen molar-refractivity contribution in [2.75, 3.05) is 23.3 Å². The lowest BCUT2D eigenvalue weighted by Crippen LogP contribution is -2.07. The second kappa shape index (κ2) is 5.34. The van der Waals surface area contributed by atoms with Crippen LogP contribution in [0.3, 0.4) is 0 Å². The lowest BCUT2D eigenvalue weighted by molar-refractivity contribution is 0.913. The second-order valence-electron chi connectivity index (χ2n) is 3.98. The minimum atomic E-state index is 0.0770. The topological polar surface area (TPSA) is 120 Å². The number of hydrogen-bond donors (Lipinski definition) is 3. The molecule has 0 radical (unpaired) electrons. The van der Waals surface area contributed by atoms with Crippen molar-refractivity contribution in [2.24, 2.45) is 0 Å². The van der Waals surface area contributed by atoms with Gasteiger partial charge >= 0.3 is 0 Å². The average Bonchev–Trinajstić information content (AvgIpc) is 2.77. The first-order valence-corrected chi connectivity index (χ1v) is 5.78. The van der Waals surface area contributed by atoms with E-state index < -0.39 is 0 Å². The van der Waals surface area contributed by atoms with E-state index in [-0.39, 0.29) is 11.9 Å². The van der Waals surface area contributed by atoms with Gasteiger partial charge in [0.1, 0.15) is 0 Å². The Bertz CT molecular complexity index is 639. The molecule has 0 unspecified atom stereocenters. The van der Waals surface area contributed by atoms with Gasteiger partial charge in [0.2, 0.25) is 17.8 Å². The predicted octanol–water partition coefficient (Wildman–Crippen LogP) is 0.618. The number of nitrogens with zero attached hydrogens (tertiary/aromatic N) is 5. The van der Waals surface area contributed by atoms with Crippen molar-refractivity contribution >= 4 is 23.6 Å². The highest BCUT2D eigenvalue weighted by Crippen LogP contribution is 2.08. The maximum atomic E-state index is 5.67. The summed E-state index contributed by atoms with van der Waals surface area (Å²) in [6.07, 6.45) is 5.94. The number of rotatable bonds is 4. The summed E-state index contributed by atoms with van der Waals surface area (Å²) in [4.78, 5) is 11.9. The number of allylic oxidation sites excluding steroid dienone is 3. The van der Waals surface area contributed by atoms with E-state index in [1.165, 1.54) is 4.52 Å². The molecule has 8 nitrogen and oxygen atoms in total. The smallest absolute Gasteiger partial charge is 0.260 e. The van der Waals surface area contributed by atoms with Gasteiger partial charge in [-0.2, -0.15) is 19.5 Å². The molecule has 8 heteroatoms. The summed E-state index contributed by atoms with van der Waals surface area (Å²) in [6, 6.07) is 0. The van der Waals surface area contributed by atoms with Gasteiger partial charge in [0, 0.05) is 6.54 Å². The number of aromatic nitrogens is 5. The fraction of sp³-hybridized carbons (Fsp3) is 0.273. The summed E-state index contributed by atoms with van der Waals surface area (Å²) in [7, 11) is 0. The Labute approximate surface area is 110 Å². The number of fused-ring (bicyclic) bond motifs is 1. The molecule has 0 fully saturated rings. The van der Waals surface area contributed by atoms with Crippen molar-refractivity contribution in [3.63, 3.8) is 0 Å². The highest BCUT2D eigenvalue weighted by molar-refractivity contribution is 5.45. The van der Waals surface area contributed by atoms with E-state index in [0.29, 0.717) is 18.3 Å². The Kier molecular flexibility index (Phi) is 3.60. The van der Waals surface area contributed by atoms with Crippen molar-refractivity contribution in [1.82, 2.24) is 24.6 Å². The van der Waals surface area contributed by atoms with Crippen LogP contribution in [0.25, 0.3) is 5.78 Å². The molecule has 0 amide bonds. The largest absolute Gasteiger partial charge is 0.368 e. The molecule has 0 aliphatic carbocycles. The molecule has 0 saturated heterocycles. The summed E-state index contributed by atoms with van der Waals surface area (Å²) < 4.78 is 1.34. The van der Waals surface area contributed by atoms with Gasteiger partial charge in [0.25, 0.3) is 5.78 Å². The number of hydrogen-bond acceptors (Lipinski definition) is 7. The molecule has 0 aliphatic rings. The maximum Gasteiger partial charge on any atom is 0.260 e. The fourth-order valence-electron chi connectivity index (χ4n) is 1.43. The molecule has 0 aromatic carbocycles. The Morgan fingerprint density at radius 3 is 2.84 bits per heavy atom. The fourth-order valence-corrected chi connectivity index (χ4v) is 1.43.